The smallest absolute Gasteiger partial charge is 0.0345 e. The molecule has 0 saturated heterocycles. The van der Waals surface area contributed by atoms with Gasteiger partial charge in [0.25, 0.3) is 0 Å². The molecule has 1 heteroatoms. The highest BCUT2D eigenvalue weighted by Crippen LogP contribution is 2.27. The van der Waals surface area contributed by atoms with Crippen LogP contribution in [0.4, 0.5) is 0 Å². The Balaban J connectivity index is 2.41. The van der Waals surface area contributed by atoms with E-state index in [1.54, 1.807) is 0 Å². The lowest BCUT2D eigenvalue weighted by Crippen LogP contribution is -1.79. The zero-order chi connectivity index (χ0) is 9.97. The van der Waals surface area contributed by atoms with E-state index in [1.165, 1.54) is 21.6 Å². The van der Waals surface area contributed by atoms with E-state index in [0.29, 0.717) is 0 Å². The molecule has 0 atom stereocenters. The van der Waals surface area contributed by atoms with Crippen LogP contribution in [-0.4, -0.2) is 0 Å². The fourth-order valence-electron chi connectivity index (χ4n) is 1.53. The van der Waals surface area contributed by atoms with Crippen molar-refractivity contribution in [2.24, 2.45) is 0 Å². The van der Waals surface area contributed by atoms with Gasteiger partial charge in [-0.15, -0.1) is 11.3 Å². The number of benzene rings is 1. The van der Waals surface area contributed by atoms with E-state index < -0.39 is 0 Å². The van der Waals surface area contributed by atoms with E-state index in [2.05, 4.69) is 49.6 Å². The van der Waals surface area contributed by atoms with Crippen LogP contribution in [0.3, 0.4) is 0 Å². The third kappa shape index (κ3) is 1.88. The van der Waals surface area contributed by atoms with E-state index in [1.807, 2.05) is 11.3 Å². The molecule has 0 aliphatic carbocycles. The zero-order valence-electron chi connectivity index (χ0n) is 8.58. The summed E-state index contributed by atoms with van der Waals surface area (Å²) in [6.45, 7) is 4.34. The Bertz CT molecular complexity index is 426. The Morgan fingerprint density at radius 3 is 2.71 bits per heavy atom. The second kappa shape index (κ2) is 3.97. The van der Waals surface area contributed by atoms with Gasteiger partial charge in [0.2, 0.25) is 0 Å². The summed E-state index contributed by atoms with van der Waals surface area (Å²) >= 11 is 1.82. The first kappa shape index (κ1) is 9.47. The van der Waals surface area contributed by atoms with Crippen molar-refractivity contribution in [2.45, 2.75) is 20.3 Å². The number of rotatable bonds is 2. The molecule has 0 aliphatic heterocycles. The van der Waals surface area contributed by atoms with Crippen molar-refractivity contribution in [2.75, 3.05) is 0 Å². The Morgan fingerprint density at radius 1 is 1.21 bits per heavy atom. The maximum atomic E-state index is 2.28. The highest BCUT2D eigenvalue weighted by molar-refractivity contribution is 7.13. The number of thiophene rings is 1. The van der Waals surface area contributed by atoms with Crippen LogP contribution in [0.5, 0.6) is 0 Å². The molecule has 1 aromatic carbocycles. The van der Waals surface area contributed by atoms with Crippen LogP contribution in [0, 0.1) is 6.92 Å². The SMILES string of the molecule is CCc1cccc(-c2cc(C)cs2)c1. The number of aryl methyl sites for hydroxylation is 2. The van der Waals surface area contributed by atoms with Crippen LogP contribution >= 0.6 is 11.3 Å². The van der Waals surface area contributed by atoms with Gasteiger partial charge < -0.3 is 0 Å². The Hall–Kier alpha value is -1.08. The van der Waals surface area contributed by atoms with Crippen LogP contribution in [0.15, 0.2) is 35.7 Å². The van der Waals surface area contributed by atoms with Crippen molar-refractivity contribution < 1.29 is 0 Å². The first-order chi connectivity index (χ1) is 6.79. The van der Waals surface area contributed by atoms with E-state index in [9.17, 15) is 0 Å². The van der Waals surface area contributed by atoms with Gasteiger partial charge in [0, 0.05) is 4.88 Å². The molecule has 0 fully saturated rings. The fourth-order valence-corrected chi connectivity index (χ4v) is 2.43. The summed E-state index contributed by atoms with van der Waals surface area (Å²) < 4.78 is 0. The molecule has 0 bridgehead atoms. The highest BCUT2D eigenvalue weighted by Gasteiger charge is 2.00. The van der Waals surface area contributed by atoms with E-state index in [4.69, 9.17) is 0 Å². The quantitative estimate of drug-likeness (QED) is 0.681. The summed E-state index contributed by atoms with van der Waals surface area (Å²) in [7, 11) is 0. The van der Waals surface area contributed by atoms with Crippen molar-refractivity contribution >= 4 is 11.3 Å². The summed E-state index contributed by atoms with van der Waals surface area (Å²) in [6, 6.07) is 11.0. The standard InChI is InChI=1S/C13H14S/c1-3-11-5-4-6-12(8-11)13-7-10(2)9-14-13/h4-9H,3H2,1-2H3. The van der Waals surface area contributed by atoms with Gasteiger partial charge in [-0.3, -0.25) is 0 Å². The normalized spacial score (nSPS) is 10.4. The molecule has 0 N–H and O–H groups in total. The highest BCUT2D eigenvalue weighted by atomic mass is 32.1. The second-order valence-electron chi connectivity index (χ2n) is 3.54. The first-order valence-corrected chi connectivity index (χ1v) is 5.82. The van der Waals surface area contributed by atoms with Crippen molar-refractivity contribution in [3.63, 3.8) is 0 Å². The summed E-state index contributed by atoms with van der Waals surface area (Å²) in [5.41, 5.74) is 4.11. The van der Waals surface area contributed by atoms with E-state index >= 15 is 0 Å². The minimum Gasteiger partial charge on any atom is -0.144 e. The second-order valence-corrected chi connectivity index (χ2v) is 4.45. The van der Waals surface area contributed by atoms with Crippen molar-refractivity contribution in [1.82, 2.24) is 0 Å². The number of hydrogen-bond acceptors (Lipinski definition) is 1. The molecule has 1 aromatic heterocycles. The van der Waals surface area contributed by atoms with Gasteiger partial charge in [0.05, 0.1) is 0 Å². The molecular formula is C13H14S. The van der Waals surface area contributed by atoms with Gasteiger partial charge in [-0.1, -0.05) is 31.2 Å². The van der Waals surface area contributed by atoms with Crippen molar-refractivity contribution in [1.29, 1.82) is 0 Å². The van der Waals surface area contributed by atoms with Crippen LogP contribution in [0.25, 0.3) is 10.4 Å². The van der Waals surface area contributed by atoms with Gasteiger partial charge in [-0.2, -0.15) is 0 Å². The zero-order valence-corrected chi connectivity index (χ0v) is 9.40. The summed E-state index contributed by atoms with van der Waals surface area (Å²) in [5, 5.41) is 2.20. The Morgan fingerprint density at radius 2 is 2.07 bits per heavy atom. The maximum Gasteiger partial charge on any atom is 0.0345 e. The largest absolute Gasteiger partial charge is 0.144 e. The molecule has 0 radical (unpaired) electrons. The predicted molar refractivity (Wildman–Crippen MR) is 63.9 cm³/mol. The average Bonchev–Trinajstić information content (AvgIpc) is 2.65. The minimum atomic E-state index is 1.11. The first-order valence-electron chi connectivity index (χ1n) is 4.94. The molecule has 0 unspecified atom stereocenters. The third-order valence-electron chi connectivity index (χ3n) is 2.35. The molecule has 0 saturated carbocycles. The van der Waals surface area contributed by atoms with Crippen LogP contribution < -0.4 is 0 Å². The van der Waals surface area contributed by atoms with Crippen LogP contribution in [-0.2, 0) is 6.42 Å². The van der Waals surface area contributed by atoms with Gasteiger partial charge in [-0.05, 0) is 41.5 Å². The average molecular weight is 202 g/mol. The summed E-state index contributed by atoms with van der Waals surface area (Å²) in [4.78, 5) is 1.37. The van der Waals surface area contributed by atoms with E-state index in [0.717, 1.165) is 6.42 Å². The minimum absolute atomic E-state index is 1.11. The molecule has 2 rings (SSSR count). The van der Waals surface area contributed by atoms with Crippen molar-refractivity contribution in [3.05, 3.63) is 46.8 Å². The molecule has 0 amide bonds. The molecule has 72 valence electrons. The van der Waals surface area contributed by atoms with Gasteiger partial charge in [0.1, 0.15) is 0 Å². The lowest BCUT2D eigenvalue weighted by molar-refractivity contribution is 1.14. The molecule has 2 aromatic rings. The summed E-state index contributed by atoms with van der Waals surface area (Å²) in [6.07, 6.45) is 1.11. The Labute approximate surface area is 89.2 Å². The van der Waals surface area contributed by atoms with E-state index in [-0.39, 0.29) is 0 Å². The number of hydrogen-bond donors (Lipinski definition) is 0. The van der Waals surface area contributed by atoms with Crippen LogP contribution in [0.2, 0.25) is 0 Å². The molecular weight excluding hydrogens is 188 g/mol. The molecule has 0 aliphatic rings. The third-order valence-corrected chi connectivity index (χ3v) is 3.45. The molecule has 1 heterocycles. The topological polar surface area (TPSA) is 0 Å². The fraction of sp³-hybridized carbons (Fsp3) is 0.231. The molecule has 14 heavy (non-hydrogen) atoms. The molecule has 0 nitrogen and oxygen atoms in total. The van der Waals surface area contributed by atoms with Gasteiger partial charge in [0.15, 0.2) is 0 Å². The maximum absolute atomic E-state index is 2.28. The molecule has 0 spiro atoms. The monoisotopic (exact) mass is 202 g/mol. The lowest BCUT2D eigenvalue weighted by atomic mass is 10.1. The summed E-state index contributed by atoms with van der Waals surface area (Å²) in [5.74, 6) is 0. The van der Waals surface area contributed by atoms with Gasteiger partial charge in [-0.25, -0.2) is 0 Å². The lowest BCUT2D eigenvalue weighted by Gasteiger charge is -2.00. The predicted octanol–water partition coefficient (Wildman–Crippen LogP) is 4.29. The Kier molecular flexibility index (Phi) is 2.69. The van der Waals surface area contributed by atoms with Crippen molar-refractivity contribution in [3.8, 4) is 10.4 Å². The van der Waals surface area contributed by atoms with Gasteiger partial charge >= 0.3 is 0 Å². The van der Waals surface area contributed by atoms with Crippen LogP contribution in [0.1, 0.15) is 18.1 Å².